The lowest BCUT2D eigenvalue weighted by Crippen LogP contribution is -2.21. The molecule has 0 heterocycles. The number of aryl methyl sites for hydroxylation is 1. The number of hydrogen-bond acceptors (Lipinski definition) is 5. The molecular weight excluding hydrogens is 388 g/mol. The van der Waals surface area contributed by atoms with Crippen molar-refractivity contribution < 1.29 is 18.3 Å². The highest BCUT2D eigenvalue weighted by molar-refractivity contribution is 7.89. The first kappa shape index (κ1) is 21.1. The van der Waals surface area contributed by atoms with Crippen molar-refractivity contribution in [2.45, 2.75) is 38.0 Å². The number of phenolic OH excluding ortho intramolecular Hbond substituents is 1. The summed E-state index contributed by atoms with van der Waals surface area (Å²) in [5.74, 6) is -0.0213. The van der Waals surface area contributed by atoms with Gasteiger partial charge in [0.1, 0.15) is 0 Å². The molecule has 2 N–H and O–H groups in total. The quantitative estimate of drug-likeness (QED) is 0.576. The minimum Gasteiger partial charge on any atom is -0.503 e. The van der Waals surface area contributed by atoms with Crippen LogP contribution in [0.4, 0.5) is 0 Å². The summed E-state index contributed by atoms with van der Waals surface area (Å²) in [7, 11) is -2.45. The molecule has 2 aromatic rings. The van der Waals surface area contributed by atoms with Crippen LogP contribution in [0.2, 0.25) is 5.02 Å². The van der Waals surface area contributed by atoms with E-state index in [0.717, 1.165) is 5.56 Å². The molecule has 0 unspecified atom stereocenters. The fraction of sp³-hybridized carbons (Fsp3) is 0.316. The van der Waals surface area contributed by atoms with Gasteiger partial charge in [0.2, 0.25) is 0 Å². The van der Waals surface area contributed by atoms with Gasteiger partial charge in [-0.25, -0.2) is 4.83 Å². The molecule has 6 nitrogen and oxygen atoms in total. The van der Waals surface area contributed by atoms with Crippen LogP contribution in [-0.2, 0) is 15.4 Å². The van der Waals surface area contributed by atoms with Crippen LogP contribution < -0.4 is 9.57 Å². The number of benzene rings is 2. The highest BCUT2D eigenvalue weighted by atomic mass is 35.5. The first-order chi connectivity index (χ1) is 12.5. The number of halogens is 1. The molecule has 0 amide bonds. The lowest BCUT2D eigenvalue weighted by molar-refractivity contribution is 0.373. The van der Waals surface area contributed by atoms with E-state index >= 15 is 0 Å². The van der Waals surface area contributed by atoms with Gasteiger partial charge < -0.3 is 9.84 Å². The van der Waals surface area contributed by atoms with E-state index in [9.17, 15) is 13.5 Å². The smallest absolute Gasteiger partial charge is 0.276 e. The number of rotatable bonds is 5. The van der Waals surface area contributed by atoms with Crippen LogP contribution in [0.25, 0.3) is 0 Å². The Morgan fingerprint density at radius 3 is 2.48 bits per heavy atom. The Morgan fingerprint density at radius 2 is 1.89 bits per heavy atom. The van der Waals surface area contributed by atoms with Gasteiger partial charge in [0, 0.05) is 5.56 Å². The summed E-state index contributed by atoms with van der Waals surface area (Å²) in [5, 5.41) is 13.7. The van der Waals surface area contributed by atoms with E-state index in [1.54, 1.807) is 25.1 Å². The monoisotopic (exact) mass is 410 g/mol. The van der Waals surface area contributed by atoms with Crippen molar-refractivity contribution >= 4 is 27.8 Å². The van der Waals surface area contributed by atoms with Crippen LogP contribution in [0.1, 0.15) is 37.5 Å². The number of hydrazone groups is 1. The van der Waals surface area contributed by atoms with Gasteiger partial charge >= 0.3 is 0 Å². The summed E-state index contributed by atoms with van der Waals surface area (Å²) in [4.78, 5) is 2.35. The molecule has 0 aliphatic carbocycles. The van der Waals surface area contributed by atoms with Crippen molar-refractivity contribution in [1.82, 2.24) is 4.83 Å². The van der Waals surface area contributed by atoms with Crippen LogP contribution in [0.5, 0.6) is 11.5 Å². The maximum absolute atomic E-state index is 12.6. The van der Waals surface area contributed by atoms with Gasteiger partial charge in [0.05, 0.1) is 23.2 Å². The van der Waals surface area contributed by atoms with Gasteiger partial charge in [0.15, 0.2) is 11.5 Å². The number of aromatic hydroxyl groups is 1. The normalized spacial score (nSPS) is 12.4. The number of sulfonamides is 1. The van der Waals surface area contributed by atoms with E-state index in [1.807, 2.05) is 26.8 Å². The third-order valence-electron chi connectivity index (χ3n) is 4.05. The van der Waals surface area contributed by atoms with Crippen LogP contribution in [0, 0.1) is 6.92 Å². The number of ether oxygens (including phenoxy) is 1. The topological polar surface area (TPSA) is 88.0 Å². The standard InChI is InChI=1S/C19H23ClN2O4S/c1-12-6-8-14(19(2,3)4)10-16(12)27(24,25)22-21-11-13-7-9-15(26-5)18(23)17(13)20/h6-11,22-23H,1-5H3/b21-11+. The van der Waals surface area contributed by atoms with Crippen molar-refractivity contribution in [3.05, 3.63) is 52.0 Å². The Morgan fingerprint density at radius 1 is 1.22 bits per heavy atom. The largest absolute Gasteiger partial charge is 0.503 e. The van der Waals surface area contributed by atoms with Gasteiger partial charge in [-0.05, 0) is 41.7 Å². The summed E-state index contributed by atoms with van der Waals surface area (Å²) in [5.41, 5.74) is 1.68. The van der Waals surface area contributed by atoms with Crippen molar-refractivity contribution in [3.8, 4) is 11.5 Å². The van der Waals surface area contributed by atoms with Gasteiger partial charge in [-0.15, -0.1) is 0 Å². The minimum absolute atomic E-state index is 0.0169. The van der Waals surface area contributed by atoms with Gasteiger partial charge in [-0.1, -0.05) is 44.5 Å². The molecule has 0 aromatic heterocycles. The van der Waals surface area contributed by atoms with E-state index in [0.29, 0.717) is 11.1 Å². The summed E-state index contributed by atoms with van der Waals surface area (Å²) in [6.07, 6.45) is 1.22. The van der Waals surface area contributed by atoms with Crippen LogP contribution in [0.15, 0.2) is 40.3 Å². The van der Waals surface area contributed by atoms with E-state index in [2.05, 4.69) is 9.93 Å². The summed E-state index contributed by atoms with van der Waals surface area (Å²) < 4.78 is 30.3. The fourth-order valence-electron chi connectivity index (χ4n) is 2.40. The Bertz CT molecular complexity index is 980. The molecule has 0 spiro atoms. The molecule has 2 rings (SSSR count). The molecule has 0 aliphatic heterocycles. The number of methoxy groups -OCH3 is 1. The second-order valence-electron chi connectivity index (χ2n) is 7.10. The third kappa shape index (κ3) is 4.73. The van der Waals surface area contributed by atoms with Crippen LogP contribution >= 0.6 is 11.6 Å². The molecule has 2 aromatic carbocycles. The van der Waals surface area contributed by atoms with Crippen molar-refractivity contribution in [2.24, 2.45) is 5.10 Å². The van der Waals surface area contributed by atoms with Gasteiger partial charge in [-0.3, -0.25) is 0 Å². The maximum Gasteiger partial charge on any atom is 0.276 e. The molecule has 8 heteroatoms. The zero-order valence-electron chi connectivity index (χ0n) is 15.9. The molecule has 0 bridgehead atoms. The average Bonchev–Trinajstić information content (AvgIpc) is 2.58. The number of hydrogen-bond donors (Lipinski definition) is 2. The van der Waals surface area contributed by atoms with Gasteiger partial charge in [0.25, 0.3) is 10.0 Å². The Labute approximate surface area is 164 Å². The predicted molar refractivity (Wildman–Crippen MR) is 107 cm³/mol. The van der Waals surface area contributed by atoms with E-state index in [1.165, 1.54) is 19.4 Å². The lowest BCUT2D eigenvalue weighted by Gasteiger charge is -2.20. The summed E-state index contributed by atoms with van der Waals surface area (Å²) in [6.45, 7) is 7.76. The number of nitrogens with zero attached hydrogens (tertiary/aromatic N) is 1. The highest BCUT2D eigenvalue weighted by Crippen LogP contribution is 2.35. The SMILES string of the molecule is COc1ccc(/C=N/NS(=O)(=O)c2cc(C(C)(C)C)ccc2C)c(Cl)c1O. The second-order valence-corrected chi connectivity index (χ2v) is 9.11. The molecule has 0 radical (unpaired) electrons. The zero-order chi connectivity index (χ0) is 20.4. The molecular formula is C19H23ClN2O4S. The number of nitrogens with one attached hydrogen (secondary N) is 1. The Kier molecular flexibility index (Phi) is 6.07. The van der Waals surface area contributed by atoms with E-state index < -0.39 is 10.0 Å². The fourth-order valence-corrected chi connectivity index (χ4v) is 3.67. The molecule has 0 aliphatic rings. The Hall–Kier alpha value is -2.25. The third-order valence-corrected chi connectivity index (χ3v) is 5.81. The van der Waals surface area contributed by atoms with Crippen molar-refractivity contribution in [1.29, 1.82) is 0 Å². The summed E-state index contributed by atoms with van der Waals surface area (Å²) in [6, 6.07) is 8.41. The van der Waals surface area contributed by atoms with Crippen LogP contribution in [-0.4, -0.2) is 26.8 Å². The second kappa shape index (κ2) is 7.78. The first-order valence-corrected chi connectivity index (χ1v) is 10.0. The van der Waals surface area contributed by atoms with E-state index in [4.69, 9.17) is 16.3 Å². The first-order valence-electron chi connectivity index (χ1n) is 8.19. The molecule has 0 saturated heterocycles. The van der Waals surface area contributed by atoms with Crippen LogP contribution in [0.3, 0.4) is 0 Å². The highest BCUT2D eigenvalue weighted by Gasteiger charge is 2.21. The predicted octanol–water partition coefficient (Wildman–Crippen LogP) is 3.97. The van der Waals surface area contributed by atoms with Crippen molar-refractivity contribution in [3.63, 3.8) is 0 Å². The Balaban J connectivity index is 2.30. The molecule has 0 saturated carbocycles. The van der Waals surface area contributed by atoms with Crippen molar-refractivity contribution in [2.75, 3.05) is 7.11 Å². The molecule has 0 fully saturated rings. The van der Waals surface area contributed by atoms with E-state index in [-0.39, 0.29) is 26.8 Å². The molecule has 27 heavy (non-hydrogen) atoms. The number of phenols is 1. The average molecular weight is 411 g/mol. The maximum atomic E-state index is 12.6. The molecule has 0 atom stereocenters. The minimum atomic E-state index is -3.86. The van der Waals surface area contributed by atoms with Gasteiger partial charge in [-0.2, -0.15) is 13.5 Å². The zero-order valence-corrected chi connectivity index (χ0v) is 17.4. The lowest BCUT2D eigenvalue weighted by atomic mass is 9.87. The molecule has 146 valence electrons. The summed E-state index contributed by atoms with van der Waals surface area (Å²) >= 11 is 6.04.